The van der Waals surface area contributed by atoms with Gasteiger partial charge in [0.2, 0.25) is 10.0 Å². The second-order valence-corrected chi connectivity index (χ2v) is 8.16. The molecule has 28 heavy (non-hydrogen) atoms. The smallest absolute Gasteiger partial charge is 0.259 e. The van der Waals surface area contributed by atoms with Gasteiger partial charge in [-0.2, -0.15) is 5.10 Å². The second-order valence-electron chi connectivity index (χ2n) is 6.41. The van der Waals surface area contributed by atoms with E-state index in [1.54, 1.807) is 30.5 Å². The van der Waals surface area contributed by atoms with Gasteiger partial charge < -0.3 is 5.32 Å². The van der Waals surface area contributed by atoms with Gasteiger partial charge >= 0.3 is 0 Å². The molecule has 0 saturated heterocycles. The van der Waals surface area contributed by atoms with E-state index in [0.29, 0.717) is 29.9 Å². The zero-order chi connectivity index (χ0) is 20.1. The fourth-order valence-corrected chi connectivity index (χ4v) is 3.46. The molecule has 0 saturated carbocycles. The number of sulfonamides is 1. The highest BCUT2D eigenvalue weighted by Gasteiger charge is 2.16. The van der Waals surface area contributed by atoms with E-state index in [4.69, 9.17) is 0 Å². The van der Waals surface area contributed by atoms with Crippen molar-refractivity contribution in [1.29, 1.82) is 0 Å². The molecule has 8 heteroatoms. The SMILES string of the molecule is CCc1c(C(=O)Nc2ccc(NS(C)(=O)=O)cc2)cnn1Cc1ccccc1. The van der Waals surface area contributed by atoms with Crippen molar-refractivity contribution in [2.75, 3.05) is 16.3 Å². The highest BCUT2D eigenvalue weighted by Crippen LogP contribution is 2.18. The molecule has 146 valence electrons. The highest BCUT2D eigenvalue weighted by molar-refractivity contribution is 7.92. The lowest BCUT2D eigenvalue weighted by atomic mass is 10.1. The number of hydrogen-bond donors (Lipinski definition) is 2. The number of rotatable bonds is 7. The molecule has 0 aliphatic rings. The first-order valence-electron chi connectivity index (χ1n) is 8.83. The molecule has 1 amide bonds. The molecule has 0 spiro atoms. The average molecular weight is 398 g/mol. The van der Waals surface area contributed by atoms with Crippen LogP contribution in [0.25, 0.3) is 0 Å². The van der Waals surface area contributed by atoms with Gasteiger partial charge in [-0.1, -0.05) is 37.3 Å². The topological polar surface area (TPSA) is 93.1 Å². The van der Waals surface area contributed by atoms with Crippen molar-refractivity contribution in [3.8, 4) is 0 Å². The Morgan fingerprint density at radius 1 is 1.04 bits per heavy atom. The summed E-state index contributed by atoms with van der Waals surface area (Å²) in [6, 6.07) is 16.4. The fraction of sp³-hybridized carbons (Fsp3) is 0.200. The lowest BCUT2D eigenvalue weighted by molar-refractivity contribution is 0.102. The lowest BCUT2D eigenvalue weighted by Crippen LogP contribution is -2.15. The molecule has 0 atom stereocenters. The Labute approximate surface area is 164 Å². The van der Waals surface area contributed by atoms with E-state index in [1.165, 1.54) is 0 Å². The Bertz CT molecular complexity index is 1060. The minimum Gasteiger partial charge on any atom is -0.322 e. The molecule has 0 unspecified atom stereocenters. The lowest BCUT2D eigenvalue weighted by Gasteiger charge is -2.09. The van der Waals surface area contributed by atoms with E-state index >= 15 is 0 Å². The van der Waals surface area contributed by atoms with Crippen LogP contribution in [0.5, 0.6) is 0 Å². The van der Waals surface area contributed by atoms with Gasteiger partial charge in [0.15, 0.2) is 0 Å². The molecule has 1 aromatic heterocycles. The van der Waals surface area contributed by atoms with Gasteiger partial charge in [0, 0.05) is 11.4 Å². The fourth-order valence-electron chi connectivity index (χ4n) is 2.90. The van der Waals surface area contributed by atoms with Crippen LogP contribution in [0.1, 0.15) is 28.5 Å². The maximum Gasteiger partial charge on any atom is 0.259 e. The van der Waals surface area contributed by atoms with E-state index in [0.717, 1.165) is 17.5 Å². The first-order valence-corrected chi connectivity index (χ1v) is 10.7. The Morgan fingerprint density at radius 3 is 2.29 bits per heavy atom. The summed E-state index contributed by atoms with van der Waals surface area (Å²) in [6.07, 6.45) is 3.34. The number of nitrogens with zero attached hydrogens (tertiary/aromatic N) is 2. The number of aromatic nitrogens is 2. The van der Waals surface area contributed by atoms with Crippen molar-refractivity contribution in [1.82, 2.24) is 9.78 Å². The van der Waals surface area contributed by atoms with Gasteiger partial charge in [-0.15, -0.1) is 0 Å². The third-order valence-corrected chi connectivity index (χ3v) is 4.76. The molecule has 0 aliphatic heterocycles. The summed E-state index contributed by atoms with van der Waals surface area (Å²) in [7, 11) is -3.34. The Morgan fingerprint density at radius 2 is 1.68 bits per heavy atom. The van der Waals surface area contributed by atoms with Gasteiger partial charge in [-0.3, -0.25) is 14.2 Å². The van der Waals surface area contributed by atoms with Crippen LogP contribution in [0.15, 0.2) is 60.8 Å². The predicted octanol–water partition coefficient (Wildman–Crippen LogP) is 3.12. The number of nitrogens with one attached hydrogen (secondary N) is 2. The van der Waals surface area contributed by atoms with Gasteiger partial charge in [0.25, 0.3) is 5.91 Å². The molecule has 7 nitrogen and oxygen atoms in total. The van der Waals surface area contributed by atoms with Crippen LogP contribution >= 0.6 is 0 Å². The summed E-state index contributed by atoms with van der Waals surface area (Å²) >= 11 is 0. The van der Waals surface area contributed by atoms with Crippen LogP contribution < -0.4 is 10.0 Å². The summed E-state index contributed by atoms with van der Waals surface area (Å²) in [5, 5.41) is 7.21. The van der Waals surface area contributed by atoms with Crippen LogP contribution in [0.3, 0.4) is 0 Å². The first-order chi connectivity index (χ1) is 13.4. The third kappa shape index (κ3) is 4.98. The molecule has 2 N–H and O–H groups in total. The Hall–Kier alpha value is -3.13. The van der Waals surface area contributed by atoms with Crippen LogP contribution in [0, 0.1) is 0 Å². The third-order valence-electron chi connectivity index (χ3n) is 4.15. The number of benzene rings is 2. The quantitative estimate of drug-likeness (QED) is 0.639. The van der Waals surface area contributed by atoms with E-state index in [1.807, 2.05) is 41.9 Å². The molecule has 3 aromatic rings. The summed E-state index contributed by atoms with van der Waals surface area (Å²) in [5.41, 5.74) is 3.50. The van der Waals surface area contributed by atoms with Crippen LogP contribution in [0.4, 0.5) is 11.4 Å². The monoisotopic (exact) mass is 398 g/mol. The maximum absolute atomic E-state index is 12.7. The summed E-state index contributed by atoms with van der Waals surface area (Å²) < 4.78 is 26.7. The van der Waals surface area contributed by atoms with E-state index in [2.05, 4.69) is 15.1 Å². The molecular weight excluding hydrogens is 376 g/mol. The molecular formula is C20H22N4O3S. The molecule has 0 aliphatic carbocycles. The number of hydrogen-bond acceptors (Lipinski definition) is 4. The van der Waals surface area contributed by atoms with Crippen molar-refractivity contribution in [2.24, 2.45) is 0 Å². The summed E-state index contributed by atoms with van der Waals surface area (Å²) in [4.78, 5) is 12.7. The van der Waals surface area contributed by atoms with Gasteiger partial charge in [-0.05, 0) is 36.2 Å². The van der Waals surface area contributed by atoms with Crippen molar-refractivity contribution >= 4 is 27.3 Å². The molecule has 0 radical (unpaired) electrons. The minimum absolute atomic E-state index is 0.250. The predicted molar refractivity (Wildman–Crippen MR) is 110 cm³/mol. The van der Waals surface area contributed by atoms with Crippen molar-refractivity contribution in [3.63, 3.8) is 0 Å². The number of carbonyl (C=O) groups is 1. The van der Waals surface area contributed by atoms with E-state index in [9.17, 15) is 13.2 Å². The van der Waals surface area contributed by atoms with Crippen molar-refractivity contribution < 1.29 is 13.2 Å². The normalized spacial score (nSPS) is 11.2. The second kappa shape index (κ2) is 8.26. The minimum atomic E-state index is -3.34. The summed E-state index contributed by atoms with van der Waals surface area (Å²) in [5.74, 6) is -0.250. The number of anilines is 2. The summed E-state index contributed by atoms with van der Waals surface area (Å²) in [6.45, 7) is 2.59. The Kier molecular flexibility index (Phi) is 5.79. The van der Waals surface area contributed by atoms with Crippen LogP contribution in [-0.2, 0) is 23.0 Å². The maximum atomic E-state index is 12.7. The van der Waals surface area contributed by atoms with Gasteiger partial charge in [0.1, 0.15) is 0 Å². The Balaban J connectivity index is 1.74. The average Bonchev–Trinajstić information content (AvgIpc) is 3.05. The number of carbonyl (C=O) groups excluding carboxylic acids is 1. The molecule has 0 fully saturated rings. The van der Waals surface area contributed by atoms with Crippen molar-refractivity contribution in [2.45, 2.75) is 19.9 Å². The van der Waals surface area contributed by atoms with E-state index < -0.39 is 10.0 Å². The highest BCUT2D eigenvalue weighted by atomic mass is 32.2. The molecule has 3 rings (SSSR count). The van der Waals surface area contributed by atoms with Crippen LogP contribution in [0.2, 0.25) is 0 Å². The van der Waals surface area contributed by atoms with E-state index in [-0.39, 0.29) is 5.91 Å². The molecule has 0 bridgehead atoms. The van der Waals surface area contributed by atoms with Crippen molar-refractivity contribution in [3.05, 3.63) is 77.6 Å². The zero-order valence-corrected chi connectivity index (χ0v) is 16.5. The standard InChI is InChI=1S/C20H22N4O3S/c1-3-19-18(13-21-24(19)14-15-7-5-4-6-8-15)20(25)22-16-9-11-17(12-10-16)23-28(2,26)27/h4-13,23H,3,14H2,1-2H3,(H,22,25). The zero-order valence-electron chi connectivity index (χ0n) is 15.7. The van der Waals surface area contributed by atoms with Crippen LogP contribution in [-0.4, -0.2) is 30.4 Å². The first kappa shape index (κ1) is 19.6. The molecule has 1 heterocycles. The number of amides is 1. The largest absolute Gasteiger partial charge is 0.322 e. The molecule has 2 aromatic carbocycles. The van der Waals surface area contributed by atoms with Gasteiger partial charge in [0.05, 0.1) is 30.3 Å². The van der Waals surface area contributed by atoms with Gasteiger partial charge in [-0.25, -0.2) is 8.42 Å².